The summed E-state index contributed by atoms with van der Waals surface area (Å²) >= 11 is 0. The molecule has 0 fully saturated rings. The van der Waals surface area contributed by atoms with Crippen LogP contribution in [0, 0.1) is 0 Å². The van der Waals surface area contributed by atoms with Crippen LogP contribution in [-0.4, -0.2) is 37.2 Å². The van der Waals surface area contributed by atoms with Crippen LogP contribution in [0.5, 0.6) is 0 Å². The average molecular weight is 1130 g/mol. The van der Waals surface area contributed by atoms with Gasteiger partial charge in [0.2, 0.25) is 0 Å². The van der Waals surface area contributed by atoms with Gasteiger partial charge in [-0.1, -0.05) is 275 Å². The van der Waals surface area contributed by atoms with Gasteiger partial charge >= 0.3 is 17.9 Å². The van der Waals surface area contributed by atoms with Crippen molar-refractivity contribution in [3.8, 4) is 0 Å². The molecule has 0 spiro atoms. The van der Waals surface area contributed by atoms with E-state index in [2.05, 4.69) is 179 Å². The highest BCUT2D eigenvalue weighted by molar-refractivity contribution is 5.71. The van der Waals surface area contributed by atoms with E-state index in [9.17, 15) is 14.4 Å². The molecule has 0 saturated heterocycles. The van der Waals surface area contributed by atoms with Crippen LogP contribution in [0.25, 0.3) is 0 Å². The largest absolute Gasteiger partial charge is 0.462 e. The molecule has 82 heavy (non-hydrogen) atoms. The van der Waals surface area contributed by atoms with Crippen LogP contribution >= 0.6 is 0 Å². The predicted octanol–water partition coefficient (Wildman–Crippen LogP) is 23.3. The zero-order chi connectivity index (χ0) is 59.2. The smallest absolute Gasteiger partial charge is 0.306 e. The first-order valence-electron chi connectivity index (χ1n) is 33.5. The first-order valence-corrected chi connectivity index (χ1v) is 33.5. The molecule has 0 aliphatic heterocycles. The summed E-state index contributed by atoms with van der Waals surface area (Å²) in [6.45, 7) is 6.36. The Labute approximate surface area is 505 Å². The highest BCUT2D eigenvalue weighted by atomic mass is 16.6. The summed E-state index contributed by atoms with van der Waals surface area (Å²) in [6.07, 6.45) is 99.6. The molecule has 0 aliphatic carbocycles. The average Bonchev–Trinajstić information content (AvgIpc) is 3.47. The molecule has 0 radical (unpaired) electrons. The lowest BCUT2D eigenvalue weighted by atomic mass is 10.0. The Kier molecular flexibility index (Phi) is 64.4. The van der Waals surface area contributed by atoms with Crippen LogP contribution < -0.4 is 0 Å². The molecule has 1 unspecified atom stereocenters. The highest BCUT2D eigenvalue weighted by Crippen LogP contribution is 2.15. The first kappa shape index (κ1) is 77.0. The van der Waals surface area contributed by atoms with E-state index in [0.717, 1.165) is 161 Å². The summed E-state index contributed by atoms with van der Waals surface area (Å²) in [5.74, 6) is -0.953. The van der Waals surface area contributed by atoms with E-state index in [-0.39, 0.29) is 31.1 Å². The monoisotopic (exact) mass is 1130 g/mol. The van der Waals surface area contributed by atoms with Gasteiger partial charge in [0.05, 0.1) is 0 Å². The minimum Gasteiger partial charge on any atom is -0.462 e. The molecule has 462 valence electrons. The molecule has 0 aliphatic rings. The molecule has 0 aromatic heterocycles. The number of unbranched alkanes of at least 4 members (excludes halogenated alkanes) is 22. The van der Waals surface area contributed by atoms with Gasteiger partial charge in [-0.25, -0.2) is 0 Å². The van der Waals surface area contributed by atoms with Crippen molar-refractivity contribution in [3.05, 3.63) is 158 Å². The van der Waals surface area contributed by atoms with Gasteiger partial charge in [-0.05, 0) is 148 Å². The van der Waals surface area contributed by atoms with E-state index < -0.39 is 6.10 Å². The maximum atomic E-state index is 13.0. The number of ether oxygens (including phenoxy) is 3. The lowest BCUT2D eigenvalue weighted by molar-refractivity contribution is -0.167. The molecular formula is C76H122O6. The van der Waals surface area contributed by atoms with Gasteiger partial charge in [0.15, 0.2) is 6.10 Å². The topological polar surface area (TPSA) is 78.9 Å². The summed E-state index contributed by atoms with van der Waals surface area (Å²) in [7, 11) is 0. The quantitative estimate of drug-likeness (QED) is 0.0261. The van der Waals surface area contributed by atoms with E-state index in [1.165, 1.54) is 83.5 Å². The van der Waals surface area contributed by atoms with Crippen LogP contribution in [-0.2, 0) is 28.6 Å². The number of hydrogen-bond donors (Lipinski definition) is 0. The molecule has 0 N–H and O–H groups in total. The van der Waals surface area contributed by atoms with Gasteiger partial charge in [-0.2, -0.15) is 0 Å². The third-order valence-electron chi connectivity index (χ3n) is 13.7. The van der Waals surface area contributed by atoms with Crippen molar-refractivity contribution in [2.24, 2.45) is 0 Å². The Morgan fingerprint density at radius 2 is 0.476 bits per heavy atom. The molecule has 0 rings (SSSR count). The molecule has 0 saturated carbocycles. The Hall–Kier alpha value is -4.97. The van der Waals surface area contributed by atoms with E-state index in [1.54, 1.807) is 0 Å². The second-order valence-corrected chi connectivity index (χ2v) is 21.6. The summed E-state index contributed by atoms with van der Waals surface area (Å²) in [4.78, 5) is 38.4. The third-order valence-corrected chi connectivity index (χ3v) is 13.7. The van der Waals surface area contributed by atoms with Crippen molar-refractivity contribution in [1.29, 1.82) is 0 Å². The van der Waals surface area contributed by atoms with E-state index in [4.69, 9.17) is 14.2 Å². The lowest BCUT2D eigenvalue weighted by Crippen LogP contribution is -2.30. The molecule has 0 amide bonds. The van der Waals surface area contributed by atoms with Gasteiger partial charge < -0.3 is 14.2 Å². The molecule has 0 bridgehead atoms. The van der Waals surface area contributed by atoms with Crippen LogP contribution in [0.1, 0.15) is 284 Å². The zero-order valence-corrected chi connectivity index (χ0v) is 52.9. The zero-order valence-electron chi connectivity index (χ0n) is 52.9. The minimum atomic E-state index is -0.810. The van der Waals surface area contributed by atoms with E-state index in [1.807, 2.05) is 0 Å². The van der Waals surface area contributed by atoms with E-state index >= 15 is 0 Å². The lowest BCUT2D eigenvalue weighted by Gasteiger charge is -2.18. The van der Waals surface area contributed by atoms with Gasteiger partial charge in [0.1, 0.15) is 13.2 Å². The maximum Gasteiger partial charge on any atom is 0.306 e. The van der Waals surface area contributed by atoms with Crippen LogP contribution in [0.15, 0.2) is 158 Å². The molecule has 6 nitrogen and oxygen atoms in total. The van der Waals surface area contributed by atoms with Crippen LogP contribution in [0.4, 0.5) is 0 Å². The van der Waals surface area contributed by atoms with Gasteiger partial charge in [0.25, 0.3) is 0 Å². The second-order valence-electron chi connectivity index (χ2n) is 21.6. The second kappa shape index (κ2) is 68.5. The van der Waals surface area contributed by atoms with Crippen molar-refractivity contribution >= 4 is 17.9 Å². The van der Waals surface area contributed by atoms with Crippen molar-refractivity contribution in [2.45, 2.75) is 290 Å². The minimum absolute atomic E-state index is 0.104. The third kappa shape index (κ3) is 65.8. The van der Waals surface area contributed by atoms with Gasteiger partial charge in [-0.3, -0.25) is 14.4 Å². The molecule has 0 aromatic rings. The SMILES string of the molecule is CC/C=C\C/C=C\C/C=C\C/C=C\C/C=C\C/C=C\C/C=C\CCCCCC(=O)OCC(COC(=O)CCCCCCC/C=C\C/C=C\CCCCCC)OC(=O)CCCCCCCCCCCC/C=C\C/C=C\C/C=C\C/C=C\CC. The molecule has 6 heteroatoms. The fourth-order valence-corrected chi connectivity index (χ4v) is 8.80. The van der Waals surface area contributed by atoms with Crippen LogP contribution in [0.3, 0.4) is 0 Å². The summed E-state index contributed by atoms with van der Waals surface area (Å²) in [5, 5.41) is 0. The molecule has 0 heterocycles. The summed E-state index contributed by atoms with van der Waals surface area (Å²) in [5.41, 5.74) is 0. The fraction of sp³-hybridized carbons (Fsp3) is 0.618. The van der Waals surface area contributed by atoms with Gasteiger partial charge in [0, 0.05) is 19.3 Å². The van der Waals surface area contributed by atoms with E-state index in [0.29, 0.717) is 19.3 Å². The normalized spacial score (nSPS) is 13.2. The number of esters is 3. The summed E-state index contributed by atoms with van der Waals surface area (Å²) in [6, 6.07) is 0. The number of carbonyl (C=O) groups excluding carboxylic acids is 3. The number of carbonyl (C=O) groups is 3. The predicted molar refractivity (Wildman–Crippen MR) is 357 cm³/mol. The highest BCUT2D eigenvalue weighted by Gasteiger charge is 2.19. The first-order chi connectivity index (χ1) is 40.5. The van der Waals surface area contributed by atoms with Crippen molar-refractivity contribution < 1.29 is 28.6 Å². The Bertz CT molecular complexity index is 1830. The fourth-order valence-electron chi connectivity index (χ4n) is 8.80. The molecular weight excluding hydrogens is 1010 g/mol. The number of allylic oxidation sites excluding steroid dienone is 26. The van der Waals surface area contributed by atoms with Crippen molar-refractivity contribution in [1.82, 2.24) is 0 Å². The van der Waals surface area contributed by atoms with Crippen LogP contribution in [0.2, 0.25) is 0 Å². The molecule has 0 aromatic carbocycles. The van der Waals surface area contributed by atoms with Crippen molar-refractivity contribution in [3.63, 3.8) is 0 Å². The van der Waals surface area contributed by atoms with Crippen molar-refractivity contribution in [2.75, 3.05) is 13.2 Å². The standard InChI is InChI=1S/C76H122O6/c1-4-7-10-13-16-19-22-25-28-31-33-35-37-38-40-41-43-45-48-51-54-57-60-63-66-69-75(78)81-72-73(71-80-74(77)68-65-62-59-56-53-50-47-30-27-24-21-18-15-12-9-6-3)82-76(79)70-67-64-61-58-55-52-49-46-44-42-39-36-34-32-29-26-23-20-17-14-11-8-5-2/h7-8,10-11,16-17,19-21,24-26,28-30,33-36,38,40,43,45,47,51,54,73H,4-6,9,12-15,18,22-23,27,31-32,37,39,41-42,44,46,48-50,52-53,55-72H2,1-3H3/b10-7-,11-8-,19-16-,20-17-,24-21-,28-25-,29-26-,35-33-,36-34-,40-38-,45-43-,47-30-,54-51-. The number of rotatable bonds is 59. The Morgan fingerprint density at radius 3 is 0.756 bits per heavy atom. The maximum absolute atomic E-state index is 13.0. The Morgan fingerprint density at radius 1 is 0.256 bits per heavy atom. The van der Waals surface area contributed by atoms with Gasteiger partial charge in [-0.15, -0.1) is 0 Å². The number of hydrogen-bond acceptors (Lipinski definition) is 6. The summed E-state index contributed by atoms with van der Waals surface area (Å²) < 4.78 is 16.9. The Balaban J connectivity index is 4.49. The molecule has 1 atom stereocenters.